The molecule has 2 rings (SSSR count). The maximum atomic E-state index is 5.25. The predicted molar refractivity (Wildman–Crippen MR) is 54.6 cm³/mol. The molecular formula is C10H13N3O3. The van der Waals surface area contributed by atoms with Crippen LogP contribution in [-0.4, -0.2) is 22.4 Å². The van der Waals surface area contributed by atoms with Crippen LogP contribution in [0.2, 0.25) is 0 Å². The van der Waals surface area contributed by atoms with Gasteiger partial charge in [-0.1, -0.05) is 10.3 Å². The van der Waals surface area contributed by atoms with Gasteiger partial charge in [-0.2, -0.15) is 4.98 Å². The number of rotatable bonds is 3. The molecule has 6 heteroatoms. The fraction of sp³-hybridized carbons (Fsp3) is 0.500. The Labute approximate surface area is 92.6 Å². The predicted octanol–water partition coefficient (Wildman–Crippen LogP) is 1.91. The summed E-state index contributed by atoms with van der Waals surface area (Å²) in [5, 5.41) is 7.65. The van der Waals surface area contributed by atoms with Gasteiger partial charge in [-0.05, 0) is 20.8 Å². The molecule has 0 saturated heterocycles. The molecule has 0 N–H and O–H groups in total. The largest absolute Gasteiger partial charge is 0.371 e. The van der Waals surface area contributed by atoms with Crippen molar-refractivity contribution in [2.45, 2.75) is 26.4 Å². The first-order chi connectivity index (χ1) is 7.53. The van der Waals surface area contributed by atoms with Crippen molar-refractivity contribution in [3.63, 3.8) is 0 Å². The van der Waals surface area contributed by atoms with Gasteiger partial charge in [0.1, 0.15) is 11.4 Å². The Balaban J connectivity index is 2.33. The third-order valence-electron chi connectivity index (χ3n) is 2.32. The first-order valence-corrected chi connectivity index (χ1v) is 4.86. The summed E-state index contributed by atoms with van der Waals surface area (Å²) < 4.78 is 15.3. The number of ether oxygens (including phenoxy) is 1. The summed E-state index contributed by atoms with van der Waals surface area (Å²) in [6.07, 6.45) is 0. The first-order valence-electron chi connectivity index (χ1n) is 4.86. The number of hydrogen-bond acceptors (Lipinski definition) is 6. The fourth-order valence-electron chi connectivity index (χ4n) is 1.13. The monoisotopic (exact) mass is 223 g/mol. The van der Waals surface area contributed by atoms with E-state index in [0.29, 0.717) is 23.2 Å². The minimum absolute atomic E-state index is 0.331. The summed E-state index contributed by atoms with van der Waals surface area (Å²) in [6, 6.07) is 1.73. The molecule has 2 aromatic rings. The second-order valence-corrected chi connectivity index (χ2v) is 3.96. The van der Waals surface area contributed by atoms with Crippen molar-refractivity contribution in [2.24, 2.45) is 0 Å². The van der Waals surface area contributed by atoms with E-state index in [0.717, 1.165) is 0 Å². The Kier molecular flexibility index (Phi) is 2.51. The lowest BCUT2D eigenvalue weighted by Gasteiger charge is -2.17. The molecule has 0 aliphatic rings. The summed E-state index contributed by atoms with van der Waals surface area (Å²) in [6.45, 7) is 5.51. The first kappa shape index (κ1) is 10.8. The average molecular weight is 223 g/mol. The van der Waals surface area contributed by atoms with Crippen molar-refractivity contribution >= 4 is 0 Å². The minimum Gasteiger partial charge on any atom is -0.371 e. The second kappa shape index (κ2) is 3.71. The maximum Gasteiger partial charge on any atom is 0.280 e. The average Bonchev–Trinajstić information content (AvgIpc) is 2.85. The molecule has 0 saturated carbocycles. The van der Waals surface area contributed by atoms with Crippen LogP contribution in [-0.2, 0) is 10.3 Å². The Morgan fingerprint density at radius 2 is 2.00 bits per heavy atom. The van der Waals surface area contributed by atoms with Crippen LogP contribution in [0.15, 0.2) is 15.1 Å². The Hall–Kier alpha value is -1.69. The number of nitrogens with zero attached hydrogens (tertiary/aromatic N) is 3. The quantitative estimate of drug-likeness (QED) is 0.791. The molecule has 6 nitrogen and oxygen atoms in total. The minimum atomic E-state index is -0.583. The van der Waals surface area contributed by atoms with E-state index < -0.39 is 5.60 Å². The van der Waals surface area contributed by atoms with Gasteiger partial charge in [-0.15, -0.1) is 0 Å². The molecule has 0 radical (unpaired) electrons. The molecule has 0 amide bonds. The van der Waals surface area contributed by atoms with Gasteiger partial charge in [0.25, 0.3) is 5.89 Å². The van der Waals surface area contributed by atoms with Gasteiger partial charge in [0, 0.05) is 13.2 Å². The van der Waals surface area contributed by atoms with Crippen LogP contribution in [0.4, 0.5) is 0 Å². The van der Waals surface area contributed by atoms with Crippen LogP contribution in [0, 0.1) is 6.92 Å². The van der Waals surface area contributed by atoms with Crippen LogP contribution < -0.4 is 0 Å². The normalized spacial score (nSPS) is 12.0. The lowest BCUT2D eigenvalue weighted by molar-refractivity contribution is 0.00973. The highest BCUT2D eigenvalue weighted by Crippen LogP contribution is 2.24. The topological polar surface area (TPSA) is 74.2 Å². The third-order valence-corrected chi connectivity index (χ3v) is 2.32. The highest BCUT2D eigenvalue weighted by Gasteiger charge is 2.27. The van der Waals surface area contributed by atoms with Gasteiger partial charge in [-0.25, -0.2) is 0 Å². The van der Waals surface area contributed by atoms with E-state index in [1.165, 1.54) is 0 Å². The van der Waals surface area contributed by atoms with Crippen LogP contribution in [0.3, 0.4) is 0 Å². The van der Waals surface area contributed by atoms with Crippen molar-refractivity contribution in [3.8, 4) is 11.6 Å². The fourth-order valence-corrected chi connectivity index (χ4v) is 1.13. The van der Waals surface area contributed by atoms with Crippen LogP contribution >= 0.6 is 0 Å². The molecule has 0 aliphatic heterocycles. The Morgan fingerprint density at radius 3 is 2.56 bits per heavy atom. The van der Waals surface area contributed by atoms with Crippen molar-refractivity contribution in [1.82, 2.24) is 15.3 Å². The Bertz CT molecular complexity index is 487. The van der Waals surface area contributed by atoms with E-state index in [2.05, 4.69) is 15.3 Å². The molecule has 86 valence electrons. The van der Waals surface area contributed by atoms with Gasteiger partial charge >= 0.3 is 0 Å². The molecular weight excluding hydrogens is 210 g/mol. The van der Waals surface area contributed by atoms with Gasteiger partial charge in [0.15, 0.2) is 5.69 Å². The van der Waals surface area contributed by atoms with E-state index in [-0.39, 0.29) is 0 Å². The van der Waals surface area contributed by atoms with Crippen LogP contribution in [0.25, 0.3) is 11.6 Å². The molecule has 0 bridgehead atoms. The maximum absolute atomic E-state index is 5.25. The van der Waals surface area contributed by atoms with Crippen LogP contribution in [0.5, 0.6) is 0 Å². The molecule has 0 spiro atoms. The zero-order valence-electron chi connectivity index (χ0n) is 9.64. The standard InChI is InChI=1S/C10H13N3O3/c1-6-5-7(12-15-6)8-11-9(13-16-8)10(2,3)14-4/h5H,1-4H3. The van der Waals surface area contributed by atoms with E-state index in [1.54, 1.807) is 20.1 Å². The number of aryl methyl sites for hydroxylation is 1. The summed E-state index contributed by atoms with van der Waals surface area (Å²) >= 11 is 0. The van der Waals surface area contributed by atoms with Gasteiger partial charge in [0.05, 0.1) is 0 Å². The Morgan fingerprint density at radius 1 is 1.25 bits per heavy atom. The lowest BCUT2D eigenvalue weighted by Crippen LogP contribution is -2.21. The highest BCUT2D eigenvalue weighted by molar-refractivity contribution is 5.45. The lowest BCUT2D eigenvalue weighted by atomic mass is 10.1. The van der Waals surface area contributed by atoms with E-state index in [9.17, 15) is 0 Å². The van der Waals surface area contributed by atoms with Crippen molar-refractivity contribution in [1.29, 1.82) is 0 Å². The zero-order valence-corrected chi connectivity index (χ0v) is 9.64. The summed E-state index contributed by atoms with van der Waals surface area (Å²) in [7, 11) is 1.59. The number of methoxy groups -OCH3 is 1. The molecule has 16 heavy (non-hydrogen) atoms. The highest BCUT2D eigenvalue weighted by atomic mass is 16.5. The number of hydrogen-bond donors (Lipinski definition) is 0. The SMILES string of the molecule is COC(C)(C)c1noc(-c2cc(C)on2)n1. The molecule has 0 aromatic carbocycles. The third kappa shape index (κ3) is 1.83. The van der Waals surface area contributed by atoms with E-state index >= 15 is 0 Å². The zero-order chi connectivity index (χ0) is 11.8. The molecule has 0 aliphatic carbocycles. The summed E-state index contributed by atoms with van der Waals surface area (Å²) in [4.78, 5) is 4.21. The molecule has 0 unspecified atom stereocenters. The van der Waals surface area contributed by atoms with Crippen molar-refractivity contribution in [2.75, 3.05) is 7.11 Å². The molecule has 2 aromatic heterocycles. The molecule has 0 atom stereocenters. The number of aromatic nitrogens is 3. The van der Waals surface area contributed by atoms with Crippen molar-refractivity contribution < 1.29 is 13.8 Å². The smallest absolute Gasteiger partial charge is 0.280 e. The van der Waals surface area contributed by atoms with Crippen molar-refractivity contribution in [3.05, 3.63) is 17.7 Å². The molecule has 2 heterocycles. The van der Waals surface area contributed by atoms with Gasteiger partial charge in [-0.3, -0.25) is 0 Å². The van der Waals surface area contributed by atoms with Gasteiger partial charge < -0.3 is 13.8 Å². The van der Waals surface area contributed by atoms with E-state index in [1.807, 2.05) is 13.8 Å². The summed E-state index contributed by atoms with van der Waals surface area (Å²) in [5.74, 6) is 1.50. The second-order valence-electron chi connectivity index (χ2n) is 3.96. The van der Waals surface area contributed by atoms with E-state index in [4.69, 9.17) is 13.8 Å². The van der Waals surface area contributed by atoms with Crippen LogP contribution in [0.1, 0.15) is 25.4 Å². The van der Waals surface area contributed by atoms with Gasteiger partial charge in [0.2, 0.25) is 5.82 Å². The summed E-state index contributed by atoms with van der Waals surface area (Å²) in [5.41, 5.74) is -0.0521. The molecule has 0 fully saturated rings.